The van der Waals surface area contributed by atoms with Crippen molar-refractivity contribution in [2.24, 2.45) is 0 Å². The molecular formula is C23H29N5O5. The molecule has 0 radical (unpaired) electrons. The summed E-state index contributed by atoms with van der Waals surface area (Å²) in [6.07, 6.45) is 6.28. The Morgan fingerprint density at radius 3 is 2.48 bits per heavy atom. The summed E-state index contributed by atoms with van der Waals surface area (Å²) in [6.45, 7) is 1.04. The summed E-state index contributed by atoms with van der Waals surface area (Å²) >= 11 is 0. The van der Waals surface area contributed by atoms with Crippen LogP contribution < -0.4 is 24.4 Å². The van der Waals surface area contributed by atoms with Gasteiger partial charge in [-0.05, 0) is 37.8 Å². The number of hydrogen-bond acceptors (Lipinski definition) is 7. The second-order valence-electron chi connectivity index (χ2n) is 8.06. The van der Waals surface area contributed by atoms with Crippen LogP contribution in [0.2, 0.25) is 0 Å². The minimum atomic E-state index is -0.190. The topological polar surface area (TPSA) is 106 Å². The Labute approximate surface area is 192 Å². The van der Waals surface area contributed by atoms with Crippen molar-refractivity contribution in [1.29, 1.82) is 0 Å². The standard InChI is InChI=1S/C23H29N5O5/c1-31-19-6-4-3-5-18(19)28-14-13-27(23(28)30)15-20(29)26-16-7-9-17(10-8-16)33-22-21(32-2)24-11-12-25-22/h3-6,11-12,16-17H,7-10,13-15H2,1-2H3,(H,26,29). The van der Waals surface area contributed by atoms with E-state index in [1.165, 1.54) is 7.11 Å². The second kappa shape index (κ2) is 10.4. The molecule has 1 aromatic carbocycles. The van der Waals surface area contributed by atoms with E-state index in [1.807, 2.05) is 24.3 Å². The maximum atomic E-state index is 12.8. The summed E-state index contributed by atoms with van der Waals surface area (Å²) in [7, 11) is 3.11. The fraction of sp³-hybridized carbons (Fsp3) is 0.478. The molecule has 2 heterocycles. The number of carbonyl (C=O) groups is 2. The largest absolute Gasteiger partial charge is 0.495 e. The first kappa shape index (κ1) is 22.6. The molecule has 0 unspecified atom stereocenters. The highest BCUT2D eigenvalue weighted by atomic mass is 16.5. The van der Waals surface area contributed by atoms with Crippen molar-refractivity contribution in [1.82, 2.24) is 20.2 Å². The number of benzene rings is 1. The van der Waals surface area contributed by atoms with Gasteiger partial charge in [-0.25, -0.2) is 14.8 Å². The van der Waals surface area contributed by atoms with Gasteiger partial charge in [0.05, 0.1) is 19.9 Å². The van der Waals surface area contributed by atoms with E-state index in [2.05, 4.69) is 15.3 Å². The predicted molar refractivity (Wildman–Crippen MR) is 121 cm³/mol. The highest BCUT2D eigenvalue weighted by molar-refractivity contribution is 5.97. The number of rotatable bonds is 8. The third kappa shape index (κ3) is 5.27. The first-order valence-corrected chi connectivity index (χ1v) is 11.1. The van der Waals surface area contributed by atoms with Gasteiger partial charge < -0.3 is 24.4 Å². The molecular weight excluding hydrogens is 426 g/mol. The molecule has 2 fully saturated rings. The number of ether oxygens (including phenoxy) is 3. The van der Waals surface area contributed by atoms with Gasteiger partial charge in [-0.2, -0.15) is 0 Å². The summed E-state index contributed by atoms with van der Waals surface area (Å²) < 4.78 is 16.5. The Kier molecular flexibility index (Phi) is 7.11. The average molecular weight is 456 g/mol. The monoisotopic (exact) mass is 455 g/mol. The van der Waals surface area contributed by atoms with Crippen LogP contribution in [0.3, 0.4) is 0 Å². The van der Waals surface area contributed by atoms with Crippen LogP contribution in [0.4, 0.5) is 10.5 Å². The quantitative estimate of drug-likeness (QED) is 0.651. The van der Waals surface area contributed by atoms with Crippen molar-refractivity contribution >= 4 is 17.6 Å². The highest BCUT2D eigenvalue weighted by Crippen LogP contribution is 2.30. The number of para-hydroxylation sites is 2. The number of nitrogens with zero attached hydrogens (tertiary/aromatic N) is 4. The van der Waals surface area contributed by atoms with Crippen molar-refractivity contribution in [3.63, 3.8) is 0 Å². The number of methoxy groups -OCH3 is 2. The van der Waals surface area contributed by atoms with E-state index >= 15 is 0 Å². The lowest BCUT2D eigenvalue weighted by Gasteiger charge is -2.29. The van der Waals surface area contributed by atoms with Crippen LogP contribution in [0, 0.1) is 0 Å². The zero-order chi connectivity index (χ0) is 23.2. The fourth-order valence-corrected chi connectivity index (χ4v) is 4.27. The molecule has 176 valence electrons. The smallest absolute Gasteiger partial charge is 0.325 e. The van der Waals surface area contributed by atoms with Crippen LogP contribution >= 0.6 is 0 Å². The molecule has 1 N–H and O–H groups in total. The van der Waals surface area contributed by atoms with Crippen LogP contribution in [-0.2, 0) is 4.79 Å². The first-order chi connectivity index (χ1) is 16.1. The molecule has 2 aromatic rings. The second-order valence-corrected chi connectivity index (χ2v) is 8.06. The van der Waals surface area contributed by atoms with Crippen molar-refractivity contribution in [3.8, 4) is 17.5 Å². The molecule has 1 aliphatic carbocycles. The van der Waals surface area contributed by atoms with Crippen molar-refractivity contribution in [2.75, 3.05) is 38.8 Å². The molecule has 2 aliphatic rings. The zero-order valence-corrected chi connectivity index (χ0v) is 18.9. The lowest BCUT2D eigenvalue weighted by atomic mass is 9.93. The normalized spacial score (nSPS) is 20.5. The van der Waals surface area contributed by atoms with Gasteiger partial charge in [0.25, 0.3) is 11.8 Å². The summed E-state index contributed by atoms with van der Waals surface area (Å²) in [5.41, 5.74) is 0.714. The number of urea groups is 1. The van der Waals surface area contributed by atoms with E-state index in [0.717, 1.165) is 25.7 Å². The van der Waals surface area contributed by atoms with E-state index in [0.29, 0.717) is 36.3 Å². The molecule has 1 saturated carbocycles. The molecule has 1 aliphatic heterocycles. The summed E-state index contributed by atoms with van der Waals surface area (Å²) in [5, 5.41) is 3.07. The van der Waals surface area contributed by atoms with E-state index in [4.69, 9.17) is 14.2 Å². The Balaban J connectivity index is 1.24. The first-order valence-electron chi connectivity index (χ1n) is 11.1. The number of hydrogen-bond donors (Lipinski definition) is 1. The van der Waals surface area contributed by atoms with Crippen molar-refractivity contribution < 1.29 is 23.8 Å². The average Bonchev–Trinajstić information content (AvgIpc) is 3.20. The predicted octanol–water partition coefficient (Wildman–Crippen LogP) is 2.24. The van der Waals surface area contributed by atoms with Gasteiger partial charge >= 0.3 is 6.03 Å². The molecule has 0 spiro atoms. The highest BCUT2D eigenvalue weighted by Gasteiger charge is 2.33. The van der Waals surface area contributed by atoms with Crippen molar-refractivity contribution in [3.05, 3.63) is 36.7 Å². The molecule has 0 bridgehead atoms. The summed E-state index contributed by atoms with van der Waals surface area (Å²) in [4.78, 5) is 37.0. The minimum Gasteiger partial charge on any atom is -0.495 e. The van der Waals surface area contributed by atoms with Crippen LogP contribution in [0.15, 0.2) is 36.7 Å². The van der Waals surface area contributed by atoms with Gasteiger partial charge in [-0.15, -0.1) is 0 Å². The molecule has 0 atom stereocenters. The SMILES string of the molecule is COc1ccccc1N1CCN(CC(=O)NC2CCC(Oc3nccnc3OC)CC2)C1=O. The van der Waals surface area contributed by atoms with E-state index in [-0.39, 0.29) is 30.6 Å². The molecule has 10 heteroatoms. The van der Waals surface area contributed by atoms with Crippen LogP contribution in [0.1, 0.15) is 25.7 Å². The van der Waals surface area contributed by atoms with Crippen LogP contribution in [-0.4, -0.2) is 72.8 Å². The maximum Gasteiger partial charge on any atom is 0.325 e. The molecule has 4 rings (SSSR count). The van der Waals surface area contributed by atoms with Gasteiger partial charge in [0.1, 0.15) is 18.4 Å². The Hall–Kier alpha value is -3.56. The van der Waals surface area contributed by atoms with E-state index < -0.39 is 0 Å². The Morgan fingerprint density at radius 1 is 1.03 bits per heavy atom. The van der Waals surface area contributed by atoms with Gasteiger partial charge in [-0.3, -0.25) is 9.69 Å². The van der Waals surface area contributed by atoms with Crippen LogP contribution in [0.25, 0.3) is 0 Å². The lowest BCUT2D eigenvalue weighted by molar-refractivity contribution is -0.122. The number of amides is 3. The van der Waals surface area contributed by atoms with Gasteiger partial charge in [0.2, 0.25) is 5.91 Å². The Bertz CT molecular complexity index is 979. The number of anilines is 1. The molecule has 1 saturated heterocycles. The van der Waals surface area contributed by atoms with Crippen LogP contribution in [0.5, 0.6) is 17.5 Å². The van der Waals surface area contributed by atoms with E-state index in [1.54, 1.807) is 29.3 Å². The Morgan fingerprint density at radius 2 is 1.76 bits per heavy atom. The molecule has 10 nitrogen and oxygen atoms in total. The number of carbonyl (C=O) groups excluding carboxylic acids is 2. The van der Waals surface area contributed by atoms with Gasteiger partial charge in [0, 0.05) is 31.5 Å². The third-order valence-corrected chi connectivity index (χ3v) is 5.95. The third-order valence-electron chi connectivity index (χ3n) is 5.95. The molecule has 3 amide bonds. The number of nitrogens with one attached hydrogen (secondary N) is 1. The molecule has 1 aromatic heterocycles. The van der Waals surface area contributed by atoms with Gasteiger partial charge in [0.15, 0.2) is 0 Å². The zero-order valence-electron chi connectivity index (χ0n) is 18.9. The number of aromatic nitrogens is 2. The maximum absolute atomic E-state index is 12.8. The van der Waals surface area contributed by atoms with Gasteiger partial charge in [-0.1, -0.05) is 12.1 Å². The lowest BCUT2D eigenvalue weighted by Crippen LogP contribution is -2.45. The van der Waals surface area contributed by atoms with E-state index in [9.17, 15) is 9.59 Å². The summed E-state index contributed by atoms with van der Waals surface area (Å²) in [5.74, 6) is 1.24. The fourth-order valence-electron chi connectivity index (χ4n) is 4.27. The minimum absolute atomic E-state index is 0.00155. The van der Waals surface area contributed by atoms with Crippen molar-refractivity contribution in [2.45, 2.75) is 37.8 Å². The molecule has 33 heavy (non-hydrogen) atoms. The summed E-state index contributed by atoms with van der Waals surface area (Å²) in [6, 6.07) is 7.25.